The van der Waals surface area contributed by atoms with E-state index in [1.807, 2.05) is 36.9 Å². The highest BCUT2D eigenvalue weighted by atomic mass is 16.2. The van der Waals surface area contributed by atoms with Gasteiger partial charge in [-0.2, -0.15) is 0 Å². The molecule has 0 saturated carbocycles. The normalized spacial score (nSPS) is 24.1. The molecule has 3 heteroatoms. The highest BCUT2D eigenvalue weighted by Gasteiger charge is 2.28. The summed E-state index contributed by atoms with van der Waals surface area (Å²) in [6.45, 7) is 6.86. The predicted octanol–water partition coefficient (Wildman–Crippen LogP) is 2.26. The van der Waals surface area contributed by atoms with Crippen LogP contribution in [-0.2, 0) is 0 Å². The topological polar surface area (TPSA) is 46.3 Å². The van der Waals surface area contributed by atoms with E-state index in [4.69, 9.17) is 5.73 Å². The van der Waals surface area contributed by atoms with Crippen molar-refractivity contribution in [2.75, 3.05) is 6.54 Å². The summed E-state index contributed by atoms with van der Waals surface area (Å²) in [4.78, 5) is 14.6. The van der Waals surface area contributed by atoms with E-state index in [1.165, 1.54) is 0 Å². The number of hydrogen-bond donors (Lipinski definition) is 1. The molecule has 2 N–H and O–H groups in total. The van der Waals surface area contributed by atoms with Crippen molar-refractivity contribution >= 4 is 5.91 Å². The van der Waals surface area contributed by atoms with Gasteiger partial charge in [0.25, 0.3) is 5.91 Å². The number of benzene rings is 1. The first-order valence-corrected chi connectivity index (χ1v) is 6.63. The zero-order valence-corrected chi connectivity index (χ0v) is 11.4. The molecule has 1 fully saturated rings. The zero-order chi connectivity index (χ0) is 13.3. The largest absolute Gasteiger partial charge is 0.336 e. The second-order valence-electron chi connectivity index (χ2n) is 5.40. The molecule has 1 heterocycles. The Morgan fingerprint density at radius 1 is 1.33 bits per heavy atom. The smallest absolute Gasteiger partial charge is 0.254 e. The van der Waals surface area contributed by atoms with Crippen LogP contribution in [0.3, 0.4) is 0 Å². The standard InChI is InChI=1S/C15H22N2O/c1-10-5-4-6-11(2)14(10)15(18)17-8-7-13(16)9-12(17)3/h4-6,12-13H,7-9,16H2,1-3H3. The van der Waals surface area contributed by atoms with Crippen molar-refractivity contribution in [1.82, 2.24) is 4.90 Å². The maximum Gasteiger partial charge on any atom is 0.254 e. The molecular formula is C15H22N2O. The third-order valence-corrected chi connectivity index (χ3v) is 3.87. The molecule has 0 bridgehead atoms. The maximum atomic E-state index is 12.6. The first-order chi connectivity index (χ1) is 8.50. The van der Waals surface area contributed by atoms with E-state index in [0.29, 0.717) is 0 Å². The van der Waals surface area contributed by atoms with Gasteiger partial charge in [0.1, 0.15) is 0 Å². The van der Waals surface area contributed by atoms with Crippen molar-refractivity contribution < 1.29 is 4.79 Å². The molecule has 0 radical (unpaired) electrons. The van der Waals surface area contributed by atoms with Crippen LogP contribution in [-0.4, -0.2) is 29.4 Å². The maximum absolute atomic E-state index is 12.6. The summed E-state index contributed by atoms with van der Waals surface area (Å²) < 4.78 is 0. The number of nitrogens with zero attached hydrogens (tertiary/aromatic N) is 1. The van der Waals surface area contributed by atoms with Gasteiger partial charge in [-0.3, -0.25) is 4.79 Å². The third-order valence-electron chi connectivity index (χ3n) is 3.87. The van der Waals surface area contributed by atoms with Gasteiger partial charge in [-0.1, -0.05) is 18.2 Å². The fraction of sp³-hybridized carbons (Fsp3) is 0.533. The van der Waals surface area contributed by atoms with E-state index in [9.17, 15) is 4.79 Å². The molecule has 1 saturated heterocycles. The average Bonchev–Trinajstić information content (AvgIpc) is 2.28. The summed E-state index contributed by atoms with van der Waals surface area (Å²) in [5.74, 6) is 0.157. The Kier molecular flexibility index (Phi) is 3.71. The molecular weight excluding hydrogens is 224 g/mol. The summed E-state index contributed by atoms with van der Waals surface area (Å²) in [6, 6.07) is 6.47. The van der Waals surface area contributed by atoms with E-state index in [1.54, 1.807) is 0 Å². The lowest BCUT2D eigenvalue weighted by molar-refractivity contribution is 0.0617. The van der Waals surface area contributed by atoms with E-state index in [2.05, 4.69) is 6.92 Å². The van der Waals surface area contributed by atoms with Crippen molar-refractivity contribution in [2.24, 2.45) is 5.73 Å². The molecule has 2 atom stereocenters. The summed E-state index contributed by atoms with van der Waals surface area (Å²) >= 11 is 0. The van der Waals surface area contributed by atoms with Crippen LogP contribution in [0.1, 0.15) is 41.3 Å². The fourth-order valence-corrected chi connectivity index (χ4v) is 2.81. The fourth-order valence-electron chi connectivity index (χ4n) is 2.81. The number of aryl methyl sites for hydroxylation is 2. The minimum Gasteiger partial charge on any atom is -0.336 e. The lowest BCUT2D eigenvalue weighted by atomic mass is 9.96. The molecule has 0 aliphatic carbocycles. The number of carbonyl (C=O) groups is 1. The summed E-state index contributed by atoms with van der Waals surface area (Å²) in [7, 11) is 0. The SMILES string of the molecule is Cc1cccc(C)c1C(=O)N1CCC(N)CC1C. The highest BCUT2D eigenvalue weighted by molar-refractivity contribution is 5.97. The van der Waals surface area contributed by atoms with Crippen LogP contribution in [0.15, 0.2) is 18.2 Å². The molecule has 1 aromatic rings. The Morgan fingerprint density at radius 3 is 2.50 bits per heavy atom. The van der Waals surface area contributed by atoms with Crippen LogP contribution in [0.2, 0.25) is 0 Å². The number of nitrogens with two attached hydrogens (primary N) is 1. The van der Waals surface area contributed by atoms with Gasteiger partial charge >= 0.3 is 0 Å². The van der Waals surface area contributed by atoms with Crippen LogP contribution in [0.5, 0.6) is 0 Å². The van der Waals surface area contributed by atoms with Gasteiger partial charge in [-0.05, 0) is 44.7 Å². The zero-order valence-electron chi connectivity index (χ0n) is 11.4. The van der Waals surface area contributed by atoms with Crippen LogP contribution >= 0.6 is 0 Å². The van der Waals surface area contributed by atoms with Crippen LogP contribution < -0.4 is 5.73 Å². The highest BCUT2D eigenvalue weighted by Crippen LogP contribution is 2.22. The molecule has 98 valence electrons. The van der Waals surface area contributed by atoms with Crippen LogP contribution in [0, 0.1) is 13.8 Å². The van der Waals surface area contributed by atoms with Crippen molar-refractivity contribution in [3.63, 3.8) is 0 Å². The molecule has 1 amide bonds. The van der Waals surface area contributed by atoms with Gasteiger partial charge in [0.05, 0.1) is 0 Å². The van der Waals surface area contributed by atoms with Gasteiger partial charge in [0, 0.05) is 24.2 Å². The second-order valence-corrected chi connectivity index (χ2v) is 5.40. The van der Waals surface area contributed by atoms with Gasteiger partial charge in [0.2, 0.25) is 0 Å². The molecule has 0 spiro atoms. The van der Waals surface area contributed by atoms with Crippen LogP contribution in [0.4, 0.5) is 0 Å². The molecule has 3 nitrogen and oxygen atoms in total. The second kappa shape index (κ2) is 5.11. The van der Waals surface area contributed by atoms with Gasteiger partial charge in [-0.25, -0.2) is 0 Å². The number of amides is 1. The number of piperidine rings is 1. The molecule has 1 aromatic carbocycles. The Balaban J connectivity index is 2.26. The van der Waals surface area contributed by atoms with Crippen molar-refractivity contribution in [1.29, 1.82) is 0 Å². The van der Waals surface area contributed by atoms with Crippen LogP contribution in [0.25, 0.3) is 0 Å². The first-order valence-electron chi connectivity index (χ1n) is 6.63. The molecule has 18 heavy (non-hydrogen) atoms. The monoisotopic (exact) mass is 246 g/mol. The van der Waals surface area contributed by atoms with E-state index in [0.717, 1.165) is 36.1 Å². The number of carbonyl (C=O) groups excluding carboxylic acids is 1. The molecule has 1 aliphatic heterocycles. The Labute approximate surface area is 109 Å². The van der Waals surface area contributed by atoms with Crippen molar-refractivity contribution in [3.05, 3.63) is 34.9 Å². The first kappa shape index (κ1) is 13.1. The van der Waals surface area contributed by atoms with Crippen molar-refractivity contribution in [2.45, 2.75) is 45.7 Å². The molecule has 1 aliphatic rings. The number of hydrogen-bond acceptors (Lipinski definition) is 2. The summed E-state index contributed by atoms with van der Waals surface area (Å²) in [6.07, 6.45) is 1.80. The Hall–Kier alpha value is -1.35. The van der Waals surface area contributed by atoms with Gasteiger partial charge in [0.15, 0.2) is 0 Å². The molecule has 2 unspecified atom stereocenters. The van der Waals surface area contributed by atoms with E-state index in [-0.39, 0.29) is 18.0 Å². The Bertz CT molecular complexity index is 436. The predicted molar refractivity (Wildman–Crippen MR) is 73.6 cm³/mol. The lowest BCUT2D eigenvalue weighted by Gasteiger charge is -2.37. The lowest BCUT2D eigenvalue weighted by Crippen LogP contribution is -2.48. The number of rotatable bonds is 1. The minimum absolute atomic E-state index is 0.157. The number of likely N-dealkylation sites (tertiary alicyclic amines) is 1. The van der Waals surface area contributed by atoms with Crippen molar-refractivity contribution in [3.8, 4) is 0 Å². The van der Waals surface area contributed by atoms with Gasteiger partial charge in [-0.15, -0.1) is 0 Å². The Morgan fingerprint density at radius 2 is 1.94 bits per heavy atom. The van der Waals surface area contributed by atoms with E-state index >= 15 is 0 Å². The summed E-state index contributed by atoms with van der Waals surface area (Å²) in [5, 5.41) is 0. The third kappa shape index (κ3) is 2.41. The van der Waals surface area contributed by atoms with E-state index < -0.39 is 0 Å². The molecule has 2 rings (SSSR count). The van der Waals surface area contributed by atoms with Gasteiger partial charge < -0.3 is 10.6 Å². The quantitative estimate of drug-likeness (QED) is 0.826. The molecule has 0 aromatic heterocycles. The summed E-state index contributed by atoms with van der Waals surface area (Å²) in [5.41, 5.74) is 8.92. The average molecular weight is 246 g/mol. The minimum atomic E-state index is 0.157.